The largest absolute Gasteiger partial charge is 0.466 e. The quantitative estimate of drug-likeness (QED) is 0.780. The lowest BCUT2D eigenvalue weighted by Gasteiger charge is -2.23. The molecule has 2 rings (SSSR count). The van der Waals surface area contributed by atoms with Gasteiger partial charge in [0.15, 0.2) is 0 Å². The summed E-state index contributed by atoms with van der Waals surface area (Å²) in [6.45, 7) is 2.94. The summed E-state index contributed by atoms with van der Waals surface area (Å²) in [6, 6.07) is 4.29. The lowest BCUT2D eigenvalue weighted by Crippen LogP contribution is -2.30. The van der Waals surface area contributed by atoms with Crippen LogP contribution in [0.5, 0.6) is 0 Å². The van der Waals surface area contributed by atoms with Gasteiger partial charge in [0, 0.05) is 17.8 Å². The van der Waals surface area contributed by atoms with E-state index in [1.807, 2.05) is 16.3 Å². The molecule has 1 amide bonds. The van der Waals surface area contributed by atoms with Crippen molar-refractivity contribution in [3.63, 3.8) is 0 Å². The summed E-state index contributed by atoms with van der Waals surface area (Å²) < 4.78 is 4.85. The van der Waals surface area contributed by atoms with Crippen LogP contribution >= 0.6 is 11.3 Å². The van der Waals surface area contributed by atoms with Crippen molar-refractivity contribution in [2.75, 3.05) is 13.2 Å². The van der Waals surface area contributed by atoms with E-state index in [-0.39, 0.29) is 30.8 Å². The second-order valence-electron chi connectivity index (χ2n) is 4.57. The number of rotatable bonds is 5. The molecule has 1 fully saturated rings. The Morgan fingerprint density at radius 3 is 3.00 bits per heavy atom. The van der Waals surface area contributed by atoms with E-state index in [0.29, 0.717) is 6.61 Å². The van der Waals surface area contributed by atoms with Crippen molar-refractivity contribution >= 4 is 23.2 Å². The van der Waals surface area contributed by atoms with Gasteiger partial charge in [-0.1, -0.05) is 6.07 Å². The first-order valence-electron chi connectivity index (χ1n) is 6.71. The van der Waals surface area contributed by atoms with Gasteiger partial charge in [-0.15, -0.1) is 11.3 Å². The molecule has 104 valence electrons. The fourth-order valence-corrected chi connectivity index (χ4v) is 3.30. The molecule has 1 aliphatic heterocycles. The van der Waals surface area contributed by atoms with Crippen LogP contribution in [0.2, 0.25) is 0 Å². The van der Waals surface area contributed by atoms with Crippen LogP contribution in [0, 0.1) is 0 Å². The summed E-state index contributed by atoms with van der Waals surface area (Å²) >= 11 is 1.69. The lowest BCUT2D eigenvalue weighted by molar-refractivity contribution is -0.145. The highest BCUT2D eigenvalue weighted by molar-refractivity contribution is 7.10. The molecule has 1 unspecified atom stereocenters. The van der Waals surface area contributed by atoms with Crippen LogP contribution in [0.25, 0.3) is 0 Å². The Bertz CT molecular complexity index is 430. The van der Waals surface area contributed by atoms with Gasteiger partial charge in [-0.2, -0.15) is 0 Å². The number of carbonyl (C=O) groups excluding carboxylic acids is 2. The van der Waals surface area contributed by atoms with Crippen molar-refractivity contribution in [1.82, 2.24) is 4.90 Å². The molecule has 1 atom stereocenters. The van der Waals surface area contributed by atoms with Crippen molar-refractivity contribution in [3.8, 4) is 0 Å². The monoisotopic (exact) mass is 281 g/mol. The molecule has 0 aliphatic carbocycles. The van der Waals surface area contributed by atoms with Crippen LogP contribution in [-0.4, -0.2) is 29.9 Å². The summed E-state index contributed by atoms with van der Waals surface area (Å²) in [5.74, 6) is -0.230. The molecule has 1 saturated heterocycles. The van der Waals surface area contributed by atoms with Crippen LogP contribution in [0.15, 0.2) is 17.5 Å². The minimum absolute atomic E-state index is 0.0592. The zero-order chi connectivity index (χ0) is 13.7. The topological polar surface area (TPSA) is 46.6 Å². The first-order chi connectivity index (χ1) is 9.22. The van der Waals surface area contributed by atoms with Crippen molar-refractivity contribution in [3.05, 3.63) is 22.4 Å². The van der Waals surface area contributed by atoms with Gasteiger partial charge in [0.2, 0.25) is 5.91 Å². The maximum Gasteiger partial charge on any atom is 0.306 e. The van der Waals surface area contributed by atoms with Gasteiger partial charge < -0.3 is 9.64 Å². The third-order valence-corrected chi connectivity index (χ3v) is 4.27. The molecule has 1 aromatic heterocycles. The van der Waals surface area contributed by atoms with Crippen LogP contribution in [-0.2, 0) is 14.3 Å². The van der Waals surface area contributed by atoms with E-state index < -0.39 is 0 Å². The maximum absolute atomic E-state index is 12.2. The summed E-state index contributed by atoms with van der Waals surface area (Å²) in [5, 5.41) is 2.04. The number of amides is 1. The van der Waals surface area contributed by atoms with Gasteiger partial charge in [-0.05, 0) is 31.2 Å². The van der Waals surface area contributed by atoms with Gasteiger partial charge in [-0.3, -0.25) is 9.59 Å². The minimum atomic E-state index is -0.289. The first kappa shape index (κ1) is 14.1. The Balaban J connectivity index is 1.89. The van der Waals surface area contributed by atoms with E-state index in [0.717, 1.165) is 19.4 Å². The number of carbonyl (C=O) groups is 2. The van der Waals surface area contributed by atoms with Gasteiger partial charge in [0.25, 0.3) is 0 Å². The Hall–Kier alpha value is -1.36. The molecular formula is C14H19NO3S. The molecule has 0 bridgehead atoms. The van der Waals surface area contributed by atoms with E-state index in [9.17, 15) is 9.59 Å². The van der Waals surface area contributed by atoms with Crippen molar-refractivity contribution in [1.29, 1.82) is 0 Å². The van der Waals surface area contributed by atoms with Gasteiger partial charge in [0.05, 0.1) is 19.1 Å². The van der Waals surface area contributed by atoms with E-state index in [1.165, 1.54) is 4.88 Å². The van der Waals surface area contributed by atoms with Crippen LogP contribution < -0.4 is 0 Å². The number of esters is 1. The molecule has 0 radical (unpaired) electrons. The van der Waals surface area contributed by atoms with Crippen LogP contribution in [0.3, 0.4) is 0 Å². The predicted octanol–water partition coefficient (Wildman–Crippen LogP) is 2.75. The maximum atomic E-state index is 12.2. The van der Waals surface area contributed by atoms with Crippen molar-refractivity contribution < 1.29 is 14.3 Å². The summed E-state index contributed by atoms with van der Waals surface area (Å²) in [7, 11) is 0. The molecule has 0 spiro atoms. The summed E-state index contributed by atoms with van der Waals surface area (Å²) in [4.78, 5) is 26.6. The zero-order valence-corrected chi connectivity index (χ0v) is 11.9. The van der Waals surface area contributed by atoms with Crippen molar-refractivity contribution in [2.24, 2.45) is 0 Å². The Morgan fingerprint density at radius 2 is 2.32 bits per heavy atom. The number of hydrogen-bond acceptors (Lipinski definition) is 4. The van der Waals surface area contributed by atoms with Crippen LogP contribution in [0.1, 0.15) is 43.5 Å². The zero-order valence-electron chi connectivity index (χ0n) is 11.1. The highest BCUT2D eigenvalue weighted by Crippen LogP contribution is 2.34. The number of ether oxygens (including phenoxy) is 1. The predicted molar refractivity (Wildman–Crippen MR) is 73.9 cm³/mol. The van der Waals surface area contributed by atoms with Gasteiger partial charge in [0.1, 0.15) is 0 Å². The van der Waals surface area contributed by atoms with E-state index in [4.69, 9.17) is 4.74 Å². The Labute approximate surface area is 117 Å². The number of hydrogen-bond donors (Lipinski definition) is 0. The van der Waals surface area contributed by atoms with Crippen molar-refractivity contribution in [2.45, 2.75) is 38.6 Å². The lowest BCUT2D eigenvalue weighted by atomic mass is 10.1. The summed E-state index contributed by atoms with van der Waals surface area (Å²) in [6.07, 6.45) is 2.49. The molecule has 5 heteroatoms. The Kier molecular flexibility index (Phi) is 4.96. The molecular weight excluding hydrogens is 262 g/mol. The fraction of sp³-hybridized carbons (Fsp3) is 0.571. The van der Waals surface area contributed by atoms with Crippen LogP contribution in [0.4, 0.5) is 0 Å². The standard InChI is InChI=1S/C14H19NO3S/c1-2-18-14(17)8-7-13(16)15-9-3-5-11(15)12-6-4-10-19-12/h4,6,10-11H,2-3,5,7-9H2,1H3. The fourth-order valence-electron chi connectivity index (χ4n) is 2.43. The smallest absolute Gasteiger partial charge is 0.306 e. The molecule has 2 heterocycles. The highest BCUT2D eigenvalue weighted by Gasteiger charge is 2.30. The third-order valence-electron chi connectivity index (χ3n) is 3.29. The molecule has 0 aromatic carbocycles. The minimum Gasteiger partial charge on any atom is -0.466 e. The number of thiophene rings is 1. The second-order valence-corrected chi connectivity index (χ2v) is 5.54. The molecule has 1 aliphatic rings. The molecule has 0 saturated carbocycles. The van der Waals surface area contributed by atoms with E-state index in [1.54, 1.807) is 18.3 Å². The molecule has 19 heavy (non-hydrogen) atoms. The number of nitrogens with zero attached hydrogens (tertiary/aromatic N) is 1. The van der Waals surface area contributed by atoms with E-state index in [2.05, 4.69) is 6.07 Å². The Morgan fingerprint density at radius 1 is 1.47 bits per heavy atom. The number of likely N-dealkylation sites (tertiary alicyclic amines) is 1. The van der Waals surface area contributed by atoms with E-state index >= 15 is 0 Å². The van der Waals surface area contributed by atoms with Gasteiger partial charge in [-0.25, -0.2) is 0 Å². The average Bonchev–Trinajstić information content (AvgIpc) is 3.05. The molecule has 1 aromatic rings. The third kappa shape index (κ3) is 3.56. The summed E-state index contributed by atoms with van der Waals surface area (Å²) in [5.41, 5.74) is 0. The molecule has 0 N–H and O–H groups in total. The second kappa shape index (κ2) is 6.70. The highest BCUT2D eigenvalue weighted by atomic mass is 32.1. The normalized spacial score (nSPS) is 18.6. The molecule has 4 nitrogen and oxygen atoms in total. The van der Waals surface area contributed by atoms with Gasteiger partial charge >= 0.3 is 5.97 Å². The first-order valence-corrected chi connectivity index (χ1v) is 7.59. The average molecular weight is 281 g/mol. The SMILES string of the molecule is CCOC(=O)CCC(=O)N1CCCC1c1cccs1.